The van der Waals surface area contributed by atoms with E-state index in [0.717, 1.165) is 62.4 Å². The predicted molar refractivity (Wildman–Crippen MR) is 146 cm³/mol. The molecule has 0 unspecified atom stereocenters. The van der Waals surface area contributed by atoms with Crippen molar-refractivity contribution in [1.29, 1.82) is 0 Å². The lowest BCUT2D eigenvalue weighted by Crippen LogP contribution is -2.15. The van der Waals surface area contributed by atoms with Crippen molar-refractivity contribution in [2.75, 3.05) is 7.11 Å². The first kappa shape index (κ1) is 24.0. The van der Waals surface area contributed by atoms with Crippen LogP contribution in [-0.2, 0) is 27.8 Å². The molecule has 2 aliphatic heterocycles. The SMILES string of the molecule is COC(=O)CCc1cc2cc3nc(cc4[nH]c(cc5nc(cc1[nH]2)C(C)(C)C5)c(C)c4C)C(C)=C3C. The topological polar surface area (TPSA) is 83.7 Å². The van der Waals surface area contributed by atoms with E-state index in [2.05, 4.69) is 81.8 Å². The van der Waals surface area contributed by atoms with Gasteiger partial charge in [0.2, 0.25) is 0 Å². The molecule has 0 amide bonds. The average Bonchev–Trinajstić information content (AvgIpc) is 3.50. The molecule has 186 valence electrons. The number of aromatic amines is 2. The Morgan fingerprint density at radius 1 is 0.889 bits per heavy atom. The number of fused-ring (bicyclic) bond motifs is 8. The Bertz CT molecular complexity index is 1580. The fraction of sp³-hybridized carbons (Fsp3) is 0.367. The smallest absolute Gasteiger partial charge is 0.305 e. The first-order chi connectivity index (χ1) is 17.1. The van der Waals surface area contributed by atoms with Crippen molar-refractivity contribution in [2.45, 2.75) is 66.2 Å². The van der Waals surface area contributed by atoms with E-state index in [-0.39, 0.29) is 11.4 Å². The lowest BCUT2D eigenvalue weighted by molar-refractivity contribution is -0.140. The Labute approximate surface area is 211 Å². The number of rotatable bonds is 3. The molecule has 0 spiro atoms. The Morgan fingerprint density at radius 3 is 2.25 bits per heavy atom. The fourth-order valence-corrected chi connectivity index (χ4v) is 5.06. The number of nitrogens with one attached hydrogen (secondary N) is 2. The summed E-state index contributed by atoms with van der Waals surface area (Å²) in [5.41, 5.74) is 13.9. The van der Waals surface area contributed by atoms with Gasteiger partial charge in [-0.15, -0.1) is 0 Å². The highest BCUT2D eigenvalue weighted by Crippen LogP contribution is 2.33. The third kappa shape index (κ3) is 4.25. The van der Waals surface area contributed by atoms with Crippen molar-refractivity contribution in [1.82, 2.24) is 19.9 Å². The van der Waals surface area contributed by atoms with Crippen molar-refractivity contribution >= 4 is 39.2 Å². The molecule has 0 atom stereocenters. The summed E-state index contributed by atoms with van der Waals surface area (Å²) in [7, 11) is 1.43. The van der Waals surface area contributed by atoms with Gasteiger partial charge in [0.1, 0.15) is 0 Å². The number of carbonyl (C=O) groups excluding carboxylic acids is 1. The van der Waals surface area contributed by atoms with Crippen LogP contribution in [0.4, 0.5) is 0 Å². The number of esters is 1. The van der Waals surface area contributed by atoms with Gasteiger partial charge in [-0.3, -0.25) is 9.78 Å². The van der Waals surface area contributed by atoms with Crippen LogP contribution in [0.25, 0.3) is 33.2 Å². The number of allylic oxidation sites excluding steroid dienone is 2. The molecule has 0 aliphatic carbocycles. The zero-order chi connectivity index (χ0) is 25.8. The van der Waals surface area contributed by atoms with E-state index in [9.17, 15) is 4.79 Å². The molecule has 0 fully saturated rings. The van der Waals surface area contributed by atoms with E-state index < -0.39 is 0 Å². The van der Waals surface area contributed by atoms with Crippen LogP contribution < -0.4 is 0 Å². The highest BCUT2D eigenvalue weighted by Gasteiger charge is 2.28. The van der Waals surface area contributed by atoms with Crippen molar-refractivity contribution in [3.8, 4) is 0 Å². The minimum atomic E-state index is -0.213. The van der Waals surface area contributed by atoms with Gasteiger partial charge in [0, 0.05) is 51.7 Å². The molecule has 3 aromatic heterocycles. The number of ether oxygens (including phenoxy) is 1. The van der Waals surface area contributed by atoms with Gasteiger partial charge < -0.3 is 14.7 Å². The minimum absolute atomic E-state index is 0.103. The number of aromatic nitrogens is 4. The lowest BCUT2D eigenvalue weighted by Gasteiger charge is -2.15. The summed E-state index contributed by atoms with van der Waals surface area (Å²) in [6.07, 6.45) is 1.78. The highest BCUT2D eigenvalue weighted by atomic mass is 16.5. The summed E-state index contributed by atoms with van der Waals surface area (Å²) in [4.78, 5) is 29.1. The van der Waals surface area contributed by atoms with E-state index in [0.29, 0.717) is 12.8 Å². The monoisotopic (exact) mass is 482 g/mol. The summed E-state index contributed by atoms with van der Waals surface area (Å²) in [6.45, 7) is 13.0. The second kappa shape index (κ2) is 8.77. The molecule has 5 rings (SSSR count). The highest BCUT2D eigenvalue weighted by molar-refractivity contribution is 5.91. The van der Waals surface area contributed by atoms with Crippen LogP contribution in [0.3, 0.4) is 0 Å². The Hall–Kier alpha value is -3.67. The Balaban J connectivity index is 1.85. The van der Waals surface area contributed by atoms with Gasteiger partial charge in [-0.25, -0.2) is 4.98 Å². The number of hydrogen-bond donors (Lipinski definition) is 2. The first-order valence-corrected chi connectivity index (χ1v) is 12.5. The van der Waals surface area contributed by atoms with E-state index >= 15 is 0 Å². The predicted octanol–water partition coefficient (Wildman–Crippen LogP) is 6.51. The van der Waals surface area contributed by atoms with E-state index in [1.54, 1.807) is 0 Å². The second-order valence-electron chi connectivity index (χ2n) is 10.7. The van der Waals surface area contributed by atoms with Crippen LogP contribution in [0.5, 0.6) is 0 Å². The second-order valence-corrected chi connectivity index (χ2v) is 10.7. The van der Waals surface area contributed by atoms with E-state index in [4.69, 9.17) is 14.7 Å². The molecule has 0 saturated heterocycles. The number of nitrogens with zero attached hydrogens (tertiary/aromatic N) is 2. The molecular weight excluding hydrogens is 448 g/mol. The maximum absolute atomic E-state index is 11.9. The molecule has 6 nitrogen and oxygen atoms in total. The van der Waals surface area contributed by atoms with Crippen molar-refractivity contribution in [3.63, 3.8) is 0 Å². The Kier molecular flexibility index (Phi) is 5.86. The van der Waals surface area contributed by atoms with Crippen molar-refractivity contribution in [2.24, 2.45) is 0 Å². The first-order valence-electron chi connectivity index (χ1n) is 12.5. The normalized spacial score (nSPS) is 14.9. The maximum atomic E-state index is 11.9. The zero-order valence-electron chi connectivity index (χ0n) is 22.2. The summed E-state index contributed by atoms with van der Waals surface area (Å²) >= 11 is 0. The van der Waals surface area contributed by atoms with Gasteiger partial charge in [0.05, 0.1) is 18.5 Å². The van der Waals surface area contributed by atoms with Crippen LogP contribution in [-0.4, -0.2) is 33.0 Å². The summed E-state index contributed by atoms with van der Waals surface area (Å²) in [6, 6.07) is 10.7. The number of H-pyrrole nitrogens is 2. The molecule has 36 heavy (non-hydrogen) atoms. The van der Waals surface area contributed by atoms with Gasteiger partial charge in [-0.1, -0.05) is 13.8 Å². The fourth-order valence-electron chi connectivity index (χ4n) is 5.06. The number of methoxy groups -OCH3 is 1. The van der Waals surface area contributed by atoms with Gasteiger partial charge in [-0.05, 0) is 92.3 Å². The van der Waals surface area contributed by atoms with Crippen LogP contribution in [0.1, 0.15) is 73.6 Å². The molecule has 2 aliphatic rings. The quantitative estimate of drug-likeness (QED) is 0.417. The van der Waals surface area contributed by atoms with Crippen molar-refractivity contribution in [3.05, 3.63) is 69.8 Å². The third-order valence-corrected chi connectivity index (χ3v) is 7.74. The van der Waals surface area contributed by atoms with Gasteiger partial charge in [0.15, 0.2) is 0 Å². The molecule has 6 heteroatoms. The number of aryl methyl sites for hydroxylation is 3. The summed E-state index contributed by atoms with van der Waals surface area (Å²) in [5, 5.41) is 0. The Morgan fingerprint density at radius 2 is 1.56 bits per heavy atom. The largest absolute Gasteiger partial charge is 0.469 e. The molecular formula is C30H34N4O2. The zero-order valence-corrected chi connectivity index (χ0v) is 22.2. The molecule has 3 aromatic rings. The van der Waals surface area contributed by atoms with Crippen LogP contribution in [0.2, 0.25) is 0 Å². The van der Waals surface area contributed by atoms with Gasteiger partial charge in [-0.2, -0.15) is 0 Å². The molecule has 2 N–H and O–H groups in total. The molecule has 8 bridgehead atoms. The van der Waals surface area contributed by atoms with Gasteiger partial charge >= 0.3 is 5.97 Å². The number of carbonyl (C=O) groups is 1. The van der Waals surface area contributed by atoms with Crippen LogP contribution in [0, 0.1) is 13.8 Å². The molecule has 5 heterocycles. The van der Waals surface area contributed by atoms with E-state index in [1.807, 2.05) is 0 Å². The molecule has 0 aromatic carbocycles. The van der Waals surface area contributed by atoms with Crippen LogP contribution in [0.15, 0.2) is 30.3 Å². The summed E-state index contributed by atoms with van der Waals surface area (Å²) < 4.78 is 4.89. The van der Waals surface area contributed by atoms with E-state index in [1.165, 1.54) is 23.8 Å². The van der Waals surface area contributed by atoms with Gasteiger partial charge in [0.25, 0.3) is 0 Å². The maximum Gasteiger partial charge on any atom is 0.305 e. The average molecular weight is 483 g/mol. The lowest BCUT2D eigenvalue weighted by atomic mass is 9.87. The molecule has 0 saturated carbocycles. The molecule has 0 radical (unpaired) electrons. The van der Waals surface area contributed by atoms with Crippen LogP contribution >= 0.6 is 0 Å². The standard InChI is InChI=1S/C30H34N4O2/c1-16-18(3)25-13-26-19(4)17(2)24(34-26)12-22-15-30(5,6)28(32-22)14-27-20(8-9-29(35)36-7)10-21(31-27)11-23(16)33-25/h10-14,31,34H,8-9,15H2,1-7H3. The van der Waals surface area contributed by atoms with Crippen molar-refractivity contribution < 1.29 is 9.53 Å². The minimum Gasteiger partial charge on any atom is -0.469 e. The summed E-state index contributed by atoms with van der Waals surface area (Å²) in [5.74, 6) is -0.213. The number of hydrogen-bond acceptors (Lipinski definition) is 4. The third-order valence-electron chi connectivity index (χ3n) is 7.74.